The summed E-state index contributed by atoms with van der Waals surface area (Å²) in [6.45, 7) is 2.03. The standard InChI is InChI=1S/C21H21FN2O4/c1-13-17(24-21(28-13)15-6-4-5-7-16(15)22)11-20(25)23-12-14-8-9-18(26-2)19(10-14)27-3/h4-10H,11-12H2,1-3H3,(H,23,25). The van der Waals surface area contributed by atoms with Crippen molar-refractivity contribution in [2.75, 3.05) is 14.2 Å². The number of oxazole rings is 1. The maximum Gasteiger partial charge on any atom is 0.229 e. The number of halogens is 1. The van der Waals surface area contributed by atoms with Crippen LogP contribution in [0.5, 0.6) is 11.5 Å². The van der Waals surface area contributed by atoms with Crippen LogP contribution in [0.1, 0.15) is 17.0 Å². The van der Waals surface area contributed by atoms with Crippen molar-refractivity contribution in [3.63, 3.8) is 0 Å². The van der Waals surface area contributed by atoms with Crippen molar-refractivity contribution in [1.82, 2.24) is 10.3 Å². The SMILES string of the molecule is COc1ccc(CNC(=O)Cc2nc(-c3ccccc3F)oc2C)cc1OC. The van der Waals surface area contributed by atoms with E-state index in [2.05, 4.69) is 10.3 Å². The van der Waals surface area contributed by atoms with Gasteiger partial charge in [0.2, 0.25) is 11.8 Å². The van der Waals surface area contributed by atoms with Gasteiger partial charge in [-0.15, -0.1) is 0 Å². The first-order valence-electron chi connectivity index (χ1n) is 8.70. The highest BCUT2D eigenvalue weighted by atomic mass is 19.1. The molecule has 0 atom stereocenters. The van der Waals surface area contributed by atoms with Crippen LogP contribution in [0.15, 0.2) is 46.9 Å². The number of rotatable bonds is 7. The number of carbonyl (C=O) groups excluding carboxylic acids is 1. The molecular formula is C21H21FN2O4. The molecule has 0 bridgehead atoms. The summed E-state index contributed by atoms with van der Waals surface area (Å²) in [7, 11) is 3.12. The zero-order valence-electron chi connectivity index (χ0n) is 15.9. The summed E-state index contributed by atoms with van der Waals surface area (Å²) in [5.41, 5.74) is 1.61. The van der Waals surface area contributed by atoms with Crippen molar-refractivity contribution in [1.29, 1.82) is 0 Å². The summed E-state index contributed by atoms with van der Waals surface area (Å²) in [5.74, 6) is 1.23. The lowest BCUT2D eigenvalue weighted by atomic mass is 10.2. The lowest BCUT2D eigenvalue weighted by molar-refractivity contribution is -0.120. The normalized spacial score (nSPS) is 10.6. The number of aryl methyl sites for hydroxylation is 1. The quantitative estimate of drug-likeness (QED) is 0.673. The summed E-state index contributed by atoms with van der Waals surface area (Å²) in [6, 6.07) is 11.6. The third-order valence-electron chi connectivity index (χ3n) is 4.26. The Kier molecular flexibility index (Phi) is 5.93. The molecule has 0 saturated carbocycles. The van der Waals surface area contributed by atoms with Crippen molar-refractivity contribution >= 4 is 5.91 Å². The van der Waals surface area contributed by atoms with Gasteiger partial charge in [-0.3, -0.25) is 4.79 Å². The fourth-order valence-electron chi connectivity index (χ4n) is 2.75. The molecule has 146 valence electrons. The van der Waals surface area contributed by atoms with Gasteiger partial charge < -0.3 is 19.2 Å². The van der Waals surface area contributed by atoms with Gasteiger partial charge in [0.25, 0.3) is 0 Å². The molecule has 0 aliphatic carbocycles. The van der Waals surface area contributed by atoms with Crippen LogP contribution >= 0.6 is 0 Å². The summed E-state index contributed by atoms with van der Waals surface area (Å²) < 4.78 is 29.9. The molecule has 0 unspecified atom stereocenters. The van der Waals surface area contributed by atoms with Gasteiger partial charge in [0, 0.05) is 6.54 Å². The summed E-state index contributed by atoms with van der Waals surface area (Å²) in [4.78, 5) is 16.6. The average Bonchev–Trinajstić information content (AvgIpc) is 3.06. The molecule has 2 aromatic carbocycles. The fourth-order valence-corrected chi connectivity index (χ4v) is 2.75. The minimum Gasteiger partial charge on any atom is -0.493 e. The Balaban J connectivity index is 1.65. The highest BCUT2D eigenvalue weighted by Gasteiger charge is 2.17. The molecule has 7 heteroatoms. The molecule has 0 radical (unpaired) electrons. The first-order chi connectivity index (χ1) is 13.5. The maximum atomic E-state index is 13.9. The van der Waals surface area contributed by atoms with E-state index >= 15 is 0 Å². The van der Waals surface area contributed by atoms with Crippen LogP contribution in [0, 0.1) is 12.7 Å². The minimum atomic E-state index is -0.423. The molecule has 3 aromatic rings. The van der Waals surface area contributed by atoms with Crippen LogP contribution in [0.4, 0.5) is 4.39 Å². The van der Waals surface area contributed by atoms with Crippen LogP contribution in [0.2, 0.25) is 0 Å². The first-order valence-corrected chi connectivity index (χ1v) is 8.70. The second-order valence-corrected chi connectivity index (χ2v) is 6.14. The summed E-state index contributed by atoms with van der Waals surface area (Å²) >= 11 is 0. The molecule has 1 N–H and O–H groups in total. The van der Waals surface area contributed by atoms with Crippen LogP contribution in [-0.4, -0.2) is 25.1 Å². The van der Waals surface area contributed by atoms with E-state index in [4.69, 9.17) is 13.9 Å². The molecule has 1 aromatic heterocycles. The average molecular weight is 384 g/mol. The maximum absolute atomic E-state index is 13.9. The molecule has 28 heavy (non-hydrogen) atoms. The van der Waals surface area contributed by atoms with E-state index in [1.165, 1.54) is 6.07 Å². The molecule has 3 rings (SSSR count). The molecule has 0 aliphatic rings. The zero-order valence-corrected chi connectivity index (χ0v) is 15.9. The number of aromatic nitrogens is 1. The van der Waals surface area contributed by atoms with Crippen molar-refractivity contribution in [3.05, 3.63) is 65.3 Å². The predicted octanol–water partition coefficient (Wildman–Crippen LogP) is 3.67. The number of hydrogen-bond acceptors (Lipinski definition) is 5. The zero-order chi connectivity index (χ0) is 20.1. The summed E-state index contributed by atoms with van der Waals surface area (Å²) in [6.07, 6.45) is 0.0388. The topological polar surface area (TPSA) is 73.6 Å². The minimum absolute atomic E-state index is 0.0388. The van der Waals surface area contributed by atoms with Crippen molar-refractivity contribution < 1.29 is 23.1 Å². The van der Waals surface area contributed by atoms with Gasteiger partial charge in [-0.2, -0.15) is 0 Å². The number of carbonyl (C=O) groups is 1. The number of ether oxygens (including phenoxy) is 2. The van der Waals surface area contributed by atoms with Gasteiger partial charge in [-0.25, -0.2) is 9.37 Å². The second kappa shape index (κ2) is 8.56. The molecule has 6 nitrogen and oxygen atoms in total. The molecule has 1 heterocycles. The van der Waals surface area contributed by atoms with Crippen LogP contribution in [0.25, 0.3) is 11.5 Å². The molecule has 0 fully saturated rings. The summed E-state index contributed by atoms with van der Waals surface area (Å²) in [5, 5.41) is 2.83. The Labute approximate surface area is 162 Å². The Bertz CT molecular complexity index is 984. The van der Waals surface area contributed by atoms with Crippen molar-refractivity contribution in [2.45, 2.75) is 19.9 Å². The van der Waals surface area contributed by atoms with Crippen LogP contribution < -0.4 is 14.8 Å². The largest absolute Gasteiger partial charge is 0.493 e. The molecule has 1 amide bonds. The van der Waals surface area contributed by atoms with Crippen LogP contribution in [-0.2, 0) is 17.8 Å². The smallest absolute Gasteiger partial charge is 0.229 e. The highest BCUT2D eigenvalue weighted by molar-refractivity contribution is 5.78. The number of benzene rings is 2. The molecule has 0 spiro atoms. The number of nitrogens with zero attached hydrogens (tertiary/aromatic N) is 1. The van der Waals surface area contributed by atoms with Crippen molar-refractivity contribution in [2.24, 2.45) is 0 Å². The van der Waals surface area contributed by atoms with E-state index in [1.807, 2.05) is 6.07 Å². The van der Waals surface area contributed by atoms with E-state index in [1.54, 1.807) is 51.5 Å². The van der Waals surface area contributed by atoms with E-state index in [0.717, 1.165) is 5.56 Å². The first kappa shape index (κ1) is 19.4. The fraction of sp³-hybridized carbons (Fsp3) is 0.238. The van der Waals surface area contributed by atoms with E-state index in [-0.39, 0.29) is 23.8 Å². The lowest BCUT2D eigenvalue weighted by Crippen LogP contribution is -2.25. The van der Waals surface area contributed by atoms with E-state index in [0.29, 0.717) is 29.5 Å². The van der Waals surface area contributed by atoms with Gasteiger partial charge in [-0.1, -0.05) is 18.2 Å². The van der Waals surface area contributed by atoms with Gasteiger partial charge >= 0.3 is 0 Å². The van der Waals surface area contributed by atoms with E-state index in [9.17, 15) is 9.18 Å². The van der Waals surface area contributed by atoms with E-state index < -0.39 is 5.82 Å². The van der Waals surface area contributed by atoms with Gasteiger partial charge in [0.15, 0.2) is 11.5 Å². The third kappa shape index (κ3) is 4.31. The van der Waals surface area contributed by atoms with Gasteiger partial charge in [0.1, 0.15) is 11.6 Å². The predicted molar refractivity (Wildman–Crippen MR) is 102 cm³/mol. The Morgan fingerprint density at radius 3 is 2.61 bits per heavy atom. The number of nitrogens with one attached hydrogen (secondary N) is 1. The molecular weight excluding hydrogens is 363 g/mol. The lowest BCUT2D eigenvalue weighted by Gasteiger charge is -2.10. The number of methoxy groups -OCH3 is 2. The third-order valence-corrected chi connectivity index (χ3v) is 4.26. The Hall–Kier alpha value is -3.35. The Morgan fingerprint density at radius 1 is 1.14 bits per heavy atom. The second-order valence-electron chi connectivity index (χ2n) is 6.14. The Morgan fingerprint density at radius 2 is 1.89 bits per heavy atom. The molecule has 0 saturated heterocycles. The monoisotopic (exact) mass is 384 g/mol. The van der Waals surface area contributed by atoms with Crippen molar-refractivity contribution in [3.8, 4) is 23.0 Å². The number of hydrogen-bond donors (Lipinski definition) is 1. The number of amides is 1. The molecule has 0 aliphatic heterocycles. The highest BCUT2D eigenvalue weighted by Crippen LogP contribution is 2.27. The van der Waals surface area contributed by atoms with Crippen LogP contribution in [0.3, 0.4) is 0 Å². The van der Waals surface area contributed by atoms with Gasteiger partial charge in [-0.05, 0) is 36.8 Å². The van der Waals surface area contributed by atoms with Gasteiger partial charge in [0.05, 0.1) is 31.9 Å².